The summed E-state index contributed by atoms with van der Waals surface area (Å²) in [5, 5.41) is 16.5. The summed E-state index contributed by atoms with van der Waals surface area (Å²) in [6.45, 7) is 6.15. The van der Waals surface area contributed by atoms with E-state index in [-0.39, 0.29) is 0 Å². The third-order valence-corrected chi connectivity index (χ3v) is 2.31. The van der Waals surface area contributed by atoms with E-state index in [0.717, 1.165) is 30.9 Å². The Morgan fingerprint density at radius 1 is 1.59 bits per heavy atom. The number of aliphatic hydroxyl groups is 1. The summed E-state index contributed by atoms with van der Waals surface area (Å²) in [5.74, 6) is 0.779. The second-order valence-corrected chi connectivity index (χ2v) is 4.15. The summed E-state index contributed by atoms with van der Waals surface area (Å²) in [4.78, 5) is 0. The molecule has 1 atom stereocenters. The molecule has 5 heteroatoms. The van der Waals surface area contributed by atoms with E-state index in [2.05, 4.69) is 17.4 Å². The zero-order valence-electron chi connectivity index (χ0n) is 10.6. The number of nitrogens with zero attached hydrogens (tertiary/aromatic N) is 1. The minimum Gasteiger partial charge on any atom is -0.389 e. The Bertz CT molecular complexity index is 302. The molecule has 0 saturated carbocycles. The molecular weight excluding hydrogens is 220 g/mol. The Morgan fingerprint density at radius 2 is 2.41 bits per heavy atom. The van der Waals surface area contributed by atoms with Crippen LogP contribution in [0.1, 0.15) is 31.2 Å². The number of unbranched alkanes of at least 4 members (excludes halogenated alkanes) is 1. The largest absolute Gasteiger partial charge is 0.389 e. The summed E-state index contributed by atoms with van der Waals surface area (Å²) >= 11 is 0. The molecule has 98 valence electrons. The van der Waals surface area contributed by atoms with Gasteiger partial charge in [0.05, 0.1) is 24.9 Å². The molecule has 2 N–H and O–H groups in total. The van der Waals surface area contributed by atoms with E-state index in [9.17, 15) is 5.11 Å². The normalized spacial score (nSPS) is 12.9. The summed E-state index contributed by atoms with van der Waals surface area (Å²) in [7, 11) is 0. The average Bonchev–Trinajstić information content (AvgIpc) is 2.71. The summed E-state index contributed by atoms with van der Waals surface area (Å²) in [5.41, 5.74) is 0.866. The molecule has 17 heavy (non-hydrogen) atoms. The van der Waals surface area contributed by atoms with Gasteiger partial charge in [0, 0.05) is 19.2 Å². The highest BCUT2D eigenvalue weighted by Crippen LogP contribution is 2.01. The first-order chi connectivity index (χ1) is 8.22. The van der Waals surface area contributed by atoms with Crippen molar-refractivity contribution >= 4 is 0 Å². The van der Waals surface area contributed by atoms with Gasteiger partial charge in [-0.15, -0.1) is 0 Å². The van der Waals surface area contributed by atoms with Crippen molar-refractivity contribution in [3.05, 3.63) is 17.5 Å². The van der Waals surface area contributed by atoms with Gasteiger partial charge in [0.25, 0.3) is 0 Å². The highest BCUT2D eigenvalue weighted by molar-refractivity contribution is 5.02. The van der Waals surface area contributed by atoms with E-state index >= 15 is 0 Å². The van der Waals surface area contributed by atoms with Crippen molar-refractivity contribution in [1.29, 1.82) is 0 Å². The number of nitrogens with one attached hydrogen (secondary N) is 1. The number of hydrogen-bond acceptors (Lipinski definition) is 5. The molecular formula is C12H22N2O3. The van der Waals surface area contributed by atoms with E-state index in [0.29, 0.717) is 19.7 Å². The molecule has 0 aliphatic rings. The molecule has 0 aliphatic carbocycles. The summed E-state index contributed by atoms with van der Waals surface area (Å²) < 4.78 is 10.4. The van der Waals surface area contributed by atoms with Gasteiger partial charge in [0.1, 0.15) is 0 Å². The lowest BCUT2D eigenvalue weighted by atomic mass is 10.3. The van der Waals surface area contributed by atoms with Crippen molar-refractivity contribution in [2.75, 3.05) is 19.8 Å². The Labute approximate surface area is 102 Å². The molecule has 1 aromatic heterocycles. The molecule has 0 aromatic carbocycles. The fraction of sp³-hybridized carbons (Fsp3) is 0.750. The second kappa shape index (κ2) is 8.22. The SMILES string of the molecule is CCCCOCC(O)CNCc1cc(C)no1. The number of aromatic nitrogens is 1. The van der Waals surface area contributed by atoms with Gasteiger partial charge in [0.15, 0.2) is 5.76 Å². The van der Waals surface area contributed by atoms with Gasteiger partial charge < -0.3 is 19.7 Å². The molecule has 1 heterocycles. The minimum absolute atomic E-state index is 0.377. The molecule has 1 unspecified atom stereocenters. The van der Waals surface area contributed by atoms with Crippen LogP contribution < -0.4 is 5.32 Å². The van der Waals surface area contributed by atoms with Crippen molar-refractivity contribution in [1.82, 2.24) is 10.5 Å². The van der Waals surface area contributed by atoms with Crippen LogP contribution in [0.4, 0.5) is 0 Å². The van der Waals surface area contributed by atoms with Crippen molar-refractivity contribution < 1.29 is 14.4 Å². The maximum absolute atomic E-state index is 9.60. The highest BCUT2D eigenvalue weighted by Gasteiger charge is 2.05. The van der Waals surface area contributed by atoms with Crippen molar-refractivity contribution in [2.24, 2.45) is 0 Å². The molecule has 0 radical (unpaired) electrons. The van der Waals surface area contributed by atoms with E-state index in [1.807, 2.05) is 13.0 Å². The van der Waals surface area contributed by atoms with Gasteiger partial charge in [-0.25, -0.2) is 0 Å². The fourth-order valence-electron chi connectivity index (χ4n) is 1.39. The van der Waals surface area contributed by atoms with Gasteiger partial charge in [0.2, 0.25) is 0 Å². The molecule has 0 amide bonds. The number of rotatable bonds is 9. The number of hydrogen-bond donors (Lipinski definition) is 2. The third-order valence-electron chi connectivity index (χ3n) is 2.31. The Kier molecular flexibility index (Phi) is 6.84. The van der Waals surface area contributed by atoms with E-state index < -0.39 is 6.10 Å². The molecule has 0 fully saturated rings. The van der Waals surface area contributed by atoms with Gasteiger partial charge in [-0.1, -0.05) is 18.5 Å². The molecule has 5 nitrogen and oxygen atoms in total. The molecule has 0 aliphatic heterocycles. The Balaban J connectivity index is 2.02. The zero-order valence-corrected chi connectivity index (χ0v) is 10.6. The monoisotopic (exact) mass is 242 g/mol. The maximum atomic E-state index is 9.60. The van der Waals surface area contributed by atoms with Crippen LogP contribution >= 0.6 is 0 Å². The number of aliphatic hydroxyl groups excluding tert-OH is 1. The Hall–Kier alpha value is -0.910. The van der Waals surface area contributed by atoms with Crippen molar-refractivity contribution in [2.45, 2.75) is 39.3 Å². The first-order valence-electron chi connectivity index (χ1n) is 6.11. The van der Waals surface area contributed by atoms with Gasteiger partial charge in [-0.05, 0) is 13.3 Å². The number of aryl methyl sites for hydroxylation is 1. The van der Waals surface area contributed by atoms with Gasteiger partial charge in [-0.3, -0.25) is 0 Å². The van der Waals surface area contributed by atoms with Gasteiger partial charge >= 0.3 is 0 Å². The van der Waals surface area contributed by atoms with E-state index in [1.54, 1.807) is 0 Å². The minimum atomic E-state index is -0.476. The van der Waals surface area contributed by atoms with Crippen LogP contribution in [0.3, 0.4) is 0 Å². The van der Waals surface area contributed by atoms with Gasteiger partial charge in [-0.2, -0.15) is 0 Å². The van der Waals surface area contributed by atoms with Crippen LogP contribution in [0.25, 0.3) is 0 Å². The topological polar surface area (TPSA) is 67.5 Å². The van der Waals surface area contributed by atoms with Crippen LogP contribution in [0, 0.1) is 6.92 Å². The molecule has 1 aromatic rings. The quantitative estimate of drug-likeness (QED) is 0.638. The lowest BCUT2D eigenvalue weighted by Crippen LogP contribution is -2.30. The van der Waals surface area contributed by atoms with Crippen molar-refractivity contribution in [3.63, 3.8) is 0 Å². The lowest BCUT2D eigenvalue weighted by molar-refractivity contribution is 0.0355. The van der Waals surface area contributed by atoms with Crippen LogP contribution in [0.2, 0.25) is 0 Å². The van der Waals surface area contributed by atoms with Crippen LogP contribution in [0.15, 0.2) is 10.6 Å². The molecule has 0 spiro atoms. The predicted octanol–water partition coefficient (Wildman–Crippen LogP) is 1.25. The first-order valence-corrected chi connectivity index (χ1v) is 6.11. The fourth-order valence-corrected chi connectivity index (χ4v) is 1.39. The molecule has 0 saturated heterocycles. The van der Waals surface area contributed by atoms with E-state index in [1.165, 1.54) is 0 Å². The molecule has 0 bridgehead atoms. The third kappa shape index (κ3) is 6.41. The molecule has 1 rings (SSSR count). The highest BCUT2D eigenvalue weighted by atomic mass is 16.5. The van der Waals surface area contributed by atoms with Crippen LogP contribution in [-0.2, 0) is 11.3 Å². The predicted molar refractivity (Wildman–Crippen MR) is 64.7 cm³/mol. The average molecular weight is 242 g/mol. The smallest absolute Gasteiger partial charge is 0.150 e. The maximum Gasteiger partial charge on any atom is 0.150 e. The van der Waals surface area contributed by atoms with E-state index in [4.69, 9.17) is 9.26 Å². The number of ether oxygens (including phenoxy) is 1. The Morgan fingerprint density at radius 3 is 3.06 bits per heavy atom. The van der Waals surface area contributed by atoms with Crippen molar-refractivity contribution in [3.8, 4) is 0 Å². The standard InChI is InChI=1S/C12H22N2O3/c1-3-4-5-16-9-11(15)7-13-8-12-6-10(2)14-17-12/h6,11,13,15H,3-5,7-9H2,1-2H3. The van der Waals surface area contributed by atoms with Crippen LogP contribution in [-0.4, -0.2) is 36.1 Å². The zero-order chi connectivity index (χ0) is 12.5. The van der Waals surface area contributed by atoms with Crippen LogP contribution in [0.5, 0.6) is 0 Å². The first kappa shape index (κ1) is 14.2. The second-order valence-electron chi connectivity index (χ2n) is 4.15. The lowest BCUT2D eigenvalue weighted by Gasteiger charge is -2.11. The summed E-state index contributed by atoms with van der Waals surface area (Å²) in [6.07, 6.45) is 1.67. The summed E-state index contributed by atoms with van der Waals surface area (Å²) in [6, 6.07) is 1.87.